The maximum atomic E-state index is 14.2. The highest BCUT2D eigenvalue weighted by molar-refractivity contribution is 14.1. The number of benzene rings is 4. The molecule has 0 spiro atoms. The van der Waals surface area contributed by atoms with Gasteiger partial charge in [-0.25, -0.2) is 0 Å². The first-order valence-electron chi connectivity index (χ1n) is 18.0. The number of phenols is 1. The van der Waals surface area contributed by atoms with E-state index in [1.54, 1.807) is 18.2 Å². The third-order valence-corrected chi connectivity index (χ3v) is 10.9. The molecular weight excluding hydrogens is 783 g/mol. The number of amides is 2. The minimum atomic E-state index is -0.988. The lowest BCUT2D eigenvalue weighted by atomic mass is 9.68. The zero-order chi connectivity index (χ0) is 37.5. The summed E-state index contributed by atoms with van der Waals surface area (Å²) in [6, 6.07) is 29.9. The van der Waals surface area contributed by atoms with E-state index in [1.165, 1.54) is 12.0 Å². The van der Waals surface area contributed by atoms with Crippen molar-refractivity contribution in [2.45, 2.75) is 45.1 Å². The van der Waals surface area contributed by atoms with Gasteiger partial charge in [0.2, 0.25) is 11.8 Å². The van der Waals surface area contributed by atoms with E-state index in [9.17, 15) is 24.9 Å². The van der Waals surface area contributed by atoms with Crippen LogP contribution in [-0.4, -0.2) is 53.6 Å². The predicted octanol–water partition coefficient (Wildman–Crippen LogP) is 8.27. The Bertz CT molecular complexity index is 1960. The molecule has 1 fully saturated rings. The lowest BCUT2D eigenvalue weighted by Gasteiger charge is -2.36. The number of aliphatic hydroxyl groups is 2. The number of nitrogens with one attached hydrogen (secondary N) is 1. The molecule has 1 aliphatic heterocycles. The van der Waals surface area contributed by atoms with Crippen LogP contribution < -0.4 is 19.7 Å². The van der Waals surface area contributed by atoms with Crippen molar-refractivity contribution in [1.29, 1.82) is 0 Å². The molecule has 10 heteroatoms. The smallest absolute Gasteiger partial charge is 0.238 e. The molecule has 0 unspecified atom stereocenters. The Morgan fingerprint density at radius 1 is 0.962 bits per heavy atom. The molecule has 2 aliphatic rings. The van der Waals surface area contributed by atoms with Crippen molar-refractivity contribution in [3.63, 3.8) is 0 Å². The van der Waals surface area contributed by atoms with Crippen LogP contribution in [0.5, 0.6) is 17.2 Å². The summed E-state index contributed by atoms with van der Waals surface area (Å²) in [7, 11) is 1.52. The number of imide groups is 1. The third-order valence-electron chi connectivity index (χ3n) is 10.0. The van der Waals surface area contributed by atoms with Crippen LogP contribution in [0.15, 0.2) is 114 Å². The summed E-state index contributed by atoms with van der Waals surface area (Å²) in [6.07, 6.45) is 3.90. The summed E-state index contributed by atoms with van der Waals surface area (Å²) in [5.41, 5.74) is 5.48. The summed E-state index contributed by atoms with van der Waals surface area (Å²) in [4.78, 5) is 29.5. The maximum absolute atomic E-state index is 14.2. The van der Waals surface area contributed by atoms with Crippen LogP contribution in [0.25, 0.3) is 6.08 Å². The molecule has 1 aliphatic carbocycles. The highest BCUT2D eigenvalue weighted by atomic mass is 127. The number of allylic oxidation sites excluding steroid dienone is 1. The first-order valence-corrected chi connectivity index (χ1v) is 19.0. The van der Waals surface area contributed by atoms with E-state index in [1.807, 2.05) is 78.9 Å². The second-order valence-electron chi connectivity index (χ2n) is 13.5. The van der Waals surface area contributed by atoms with Crippen molar-refractivity contribution in [3.8, 4) is 17.2 Å². The van der Waals surface area contributed by atoms with Crippen LogP contribution in [0.3, 0.4) is 0 Å². The highest BCUT2D eigenvalue weighted by Crippen LogP contribution is 2.47. The van der Waals surface area contributed by atoms with Crippen LogP contribution in [0, 0.1) is 21.3 Å². The number of methoxy groups -OCH3 is 1. The Morgan fingerprint density at radius 3 is 2.30 bits per heavy atom. The van der Waals surface area contributed by atoms with Gasteiger partial charge in [0.1, 0.15) is 12.4 Å². The second kappa shape index (κ2) is 17.5. The average Bonchev–Trinajstić information content (AvgIpc) is 3.42. The van der Waals surface area contributed by atoms with Crippen LogP contribution in [-0.2, 0) is 9.59 Å². The van der Waals surface area contributed by atoms with Crippen molar-refractivity contribution < 1.29 is 34.4 Å². The quantitative estimate of drug-likeness (QED) is 0.0536. The Balaban J connectivity index is 1.27. The Morgan fingerprint density at radius 2 is 1.64 bits per heavy atom. The van der Waals surface area contributed by atoms with Crippen molar-refractivity contribution in [2.24, 2.45) is 17.8 Å². The zero-order valence-electron chi connectivity index (χ0n) is 29.9. The number of aromatic hydroxyl groups is 1. The van der Waals surface area contributed by atoms with Crippen molar-refractivity contribution in [3.05, 3.63) is 123 Å². The topological polar surface area (TPSA) is 129 Å². The molecule has 1 saturated heterocycles. The lowest BCUT2D eigenvalue weighted by Crippen LogP contribution is -2.40. The molecule has 0 radical (unpaired) electrons. The molecule has 2 amide bonds. The van der Waals surface area contributed by atoms with Crippen molar-refractivity contribution in [2.75, 3.05) is 30.5 Å². The number of phenolic OH excluding ortho intramolecular Hbond substituents is 1. The number of anilines is 3. The van der Waals surface area contributed by atoms with E-state index in [0.717, 1.165) is 40.9 Å². The second-order valence-corrected chi connectivity index (χ2v) is 14.7. The largest absolute Gasteiger partial charge is 0.504 e. The number of fused-ring (bicyclic) bond motifs is 1. The van der Waals surface area contributed by atoms with E-state index in [4.69, 9.17) is 9.47 Å². The molecule has 4 aromatic rings. The number of carbonyl (C=O) groups excluding carboxylic acids is 2. The van der Waals surface area contributed by atoms with Crippen molar-refractivity contribution >= 4 is 57.5 Å². The zero-order valence-corrected chi connectivity index (χ0v) is 32.0. The molecular formula is C43H45IN2O7. The summed E-state index contributed by atoms with van der Waals surface area (Å²) in [5, 5.41) is 36.6. The molecule has 53 heavy (non-hydrogen) atoms. The van der Waals surface area contributed by atoms with E-state index in [0.29, 0.717) is 39.2 Å². The number of aliphatic hydroxyl groups excluding tert-OH is 2. The van der Waals surface area contributed by atoms with Crippen LogP contribution >= 0.6 is 22.6 Å². The van der Waals surface area contributed by atoms with Gasteiger partial charge in [-0.2, -0.15) is 0 Å². The fourth-order valence-corrected chi connectivity index (χ4v) is 8.18. The average molecular weight is 829 g/mol. The minimum absolute atomic E-state index is 0.0936. The summed E-state index contributed by atoms with van der Waals surface area (Å²) >= 11 is 2.08. The van der Waals surface area contributed by atoms with Gasteiger partial charge in [-0.1, -0.05) is 61.4 Å². The molecule has 1 heterocycles. The number of rotatable bonds is 15. The first-order chi connectivity index (χ1) is 25.7. The first kappa shape index (κ1) is 38.1. The standard InChI is InChI=1S/C43H45IN2O7/c1-3-10-27(21-28-22-36(44)41(49)38(23-28)52-2)15-20-37(48)39-29(26-53-33-13-8-5-9-14-33)24-34-40(35(39)25-47)43(51)46(42(34)50)32-18-16-31(17-19-32)45-30-11-6-4-7-12-30/h4-9,11-14,16-19,21-23,34-35,37,40,45,47-49H,3,10,15,20,24-26H2,1-2H3/b27-21+/t34-,35+,37-,40-/m1/s1. The van der Waals surface area contributed by atoms with Gasteiger partial charge in [-0.15, -0.1) is 0 Å². The van der Waals surface area contributed by atoms with Crippen molar-refractivity contribution in [1.82, 2.24) is 0 Å². The summed E-state index contributed by atoms with van der Waals surface area (Å²) < 4.78 is 12.2. The minimum Gasteiger partial charge on any atom is -0.504 e. The van der Waals surface area contributed by atoms with E-state index in [2.05, 4.69) is 40.9 Å². The third kappa shape index (κ3) is 8.61. The molecule has 0 aromatic heterocycles. The van der Waals surface area contributed by atoms with Gasteiger partial charge >= 0.3 is 0 Å². The molecule has 0 saturated carbocycles. The summed E-state index contributed by atoms with van der Waals surface area (Å²) in [5.74, 6) is -1.86. The molecule has 276 valence electrons. The molecule has 4 atom stereocenters. The van der Waals surface area contributed by atoms with Crippen LogP contribution in [0.1, 0.15) is 44.6 Å². The van der Waals surface area contributed by atoms with Crippen LogP contribution in [0.2, 0.25) is 0 Å². The number of ether oxygens (including phenoxy) is 2. The van der Waals surface area contributed by atoms with Gasteiger partial charge in [0.15, 0.2) is 11.5 Å². The molecule has 9 nitrogen and oxygen atoms in total. The van der Waals surface area contributed by atoms with E-state index in [-0.39, 0.29) is 30.6 Å². The Labute approximate surface area is 324 Å². The van der Waals surface area contributed by atoms with E-state index >= 15 is 0 Å². The Kier molecular flexibility index (Phi) is 12.5. The normalized spacial score (nSPS) is 19.3. The Hall–Kier alpha value is -4.65. The molecule has 4 N–H and O–H groups in total. The molecule has 0 bridgehead atoms. The van der Waals surface area contributed by atoms with Gasteiger partial charge in [-0.3, -0.25) is 14.5 Å². The van der Waals surface area contributed by atoms with Gasteiger partial charge < -0.3 is 30.1 Å². The molecule has 4 aromatic carbocycles. The van der Waals surface area contributed by atoms with E-state index < -0.39 is 30.5 Å². The van der Waals surface area contributed by atoms with Gasteiger partial charge in [0.25, 0.3) is 0 Å². The summed E-state index contributed by atoms with van der Waals surface area (Å²) in [6.45, 7) is 1.80. The fourth-order valence-electron chi connectivity index (χ4n) is 7.55. The SMILES string of the molecule is CCC/C(=C\c1cc(I)c(O)c(OC)c1)CC[C@@H](O)C1=C(COc2ccccc2)C[C@H]2C(=O)N(c3ccc(Nc4ccccc4)cc3)C(=O)[C@H]2[C@H]1CO. The van der Waals surface area contributed by atoms with Gasteiger partial charge in [-0.05, 0) is 126 Å². The maximum Gasteiger partial charge on any atom is 0.238 e. The molecule has 6 rings (SSSR count). The number of nitrogens with zero attached hydrogens (tertiary/aromatic N) is 1. The van der Waals surface area contributed by atoms with Crippen LogP contribution in [0.4, 0.5) is 17.1 Å². The number of carbonyl (C=O) groups is 2. The lowest BCUT2D eigenvalue weighted by molar-refractivity contribution is -0.123. The predicted molar refractivity (Wildman–Crippen MR) is 215 cm³/mol. The number of para-hydroxylation sites is 2. The van der Waals surface area contributed by atoms with Gasteiger partial charge in [0.05, 0.1) is 40.9 Å². The number of halogens is 1. The van der Waals surface area contributed by atoms with Gasteiger partial charge in [0, 0.05) is 17.3 Å². The monoisotopic (exact) mass is 828 g/mol. The number of hydrogen-bond acceptors (Lipinski definition) is 8. The highest BCUT2D eigenvalue weighted by Gasteiger charge is 2.55. The number of hydrogen-bond donors (Lipinski definition) is 4. The fraction of sp³-hybridized carbons (Fsp3) is 0.302.